The van der Waals surface area contributed by atoms with Gasteiger partial charge in [0.05, 0.1) is 0 Å². The van der Waals surface area contributed by atoms with Crippen LogP contribution in [-0.2, 0) is 14.3 Å². The number of nitrogens with zero attached hydrogens (tertiary/aromatic N) is 2. The van der Waals surface area contributed by atoms with Crippen LogP contribution in [0.15, 0.2) is 4.99 Å². The molecule has 166 valence electrons. The smallest absolute Gasteiger partial charge is 0.243 e. The molecule has 0 radical (unpaired) electrons. The van der Waals surface area contributed by atoms with E-state index < -0.39 is 0 Å². The van der Waals surface area contributed by atoms with Crippen molar-refractivity contribution < 1.29 is 14.3 Å². The van der Waals surface area contributed by atoms with Crippen molar-refractivity contribution in [1.29, 1.82) is 0 Å². The Hall–Kier alpha value is -0.610. The molecule has 0 aliphatic heterocycles. The fraction of sp³-hybridized carbons (Fsp3) is 0.900. The van der Waals surface area contributed by atoms with Crippen LogP contribution in [0.25, 0.3) is 0 Å². The monoisotopic (exact) mass is 512 g/mol. The molecule has 28 heavy (non-hydrogen) atoms. The van der Waals surface area contributed by atoms with Crippen LogP contribution in [0.1, 0.15) is 52.4 Å². The summed E-state index contributed by atoms with van der Waals surface area (Å²) in [5.74, 6) is 0.710. The maximum Gasteiger partial charge on any atom is 0.243 e. The second-order valence-corrected chi connectivity index (χ2v) is 7.44. The normalized spacial score (nSPS) is 15.8. The number of nitrogens with one attached hydrogen (secondary N) is 2. The van der Waals surface area contributed by atoms with Gasteiger partial charge in [-0.05, 0) is 44.9 Å². The lowest BCUT2D eigenvalue weighted by Gasteiger charge is -2.30. The van der Waals surface area contributed by atoms with E-state index in [1.165, 1.54) is 25.7 Å². The van der Waals surface area contributed by atoms with Crippen molar-refractivity contribution in [2.75, 3.05) is 60.2 Å². The van der Waals surface area contributed by atoms with Crippen LogP contribution in [0.4, 0.5) is 0 Å². The Morgan fingerprint density at radius 1 is 1.07 bits per heavy atom. The molecule has 1 rings (SSSR count). The van der Waals surface area contributed by atoms with E-state index in [-0.39, 0.29) is 41.8 Å². The van der Waals surface area contributed by atoms with E-state index in [2.05, 4.69) is 15.6 Å². The SMILES string of the molecule is CCOCCCNC(=NCC(=O)N(C)C)NCC1(CCOCC)CCCC1.I. The summed E-state index contributed by atoms with van der Waals surface area (Å²) in [5, 5.41) is 6.82. The molecule has 0 atom stereocenters. The molecule has 0 aromatic heterocycles. The maximum atomic E-state index is 11.9. The summed E-state index contributed by atoms with van der Waals surface area (Å²) in [5.41, 5.74) is 0.272. The van der Waals surface area contributed by atoms with E-state index in [9.17, 15) is 4.79 Å². The van der Waals surface area contributed by atoms with E-state index in [0.717, 1.165) is 52.4 Å². The highest BCUT2D eigenvalue weighted by molar-refractivity contribution is 14.0. The van der Waals surface area contributed by atoms with Crippen LogP contribution in [0.2, 0.25) is 0 Å². The molecule has 0 saturated heterocycles. The highest BCUT2D eigenvalue weighted by Gasteiger charge is 2.33. The van der Waals surface area contributed by atoms with Gasteiger partial charge in [-0.1, -0.05) is 12.8 Å². The Bertz CT molecular complexity index is 441. The number of halogens is 1. The number of rotatable bonds is 13. The van der Waals surface area contributed by atoms with Crippen LogP contribution in [0, 0.1) is 5.41 Å². The minimum atomic E-state index is -0.00246. The molecule has 0 heterocycles. The number of hydrogen-bond donors (Lipinski definition) is 2. The number of hydrogen-bond acceptors (Lipinski definition) is 4. The Balaban J connectivity index is 0.00000729. The number of likely N-dealkylation sites (N-methyl/N-ethyl adjacent to an activating group) is 1. The van der Waals surface area contributed by atoms with Crippen LogP contribution in [0.5, 0.6) is 0 Å². The number of ether oxygens (including phenoxy) is 2. The van der Waals surface area contributed by atoms with E-state index in [1.54, 1.807) is 19.0 Å². The van der Waals surface area contributed by atoms with Crippen molar-refractivity contribution in [3.63, 3.8) is 0 Å². The van der Waals surface area contributed by atoms with Crippen molar-refractivity contribution in [3.8, 4) is 0 Å². The molecule has 1 saturated carbocycles. The zero-order valence-electron chi connectivity index (χ0n) is 18.2. The van der Waals surface area contributed by atoms with Gasteiger partial charge in [-0.15, -0.1) is 24.0 Å². The highest BCUT2D eigenvalue weighted by Crippen LogP contribution is 2.40. The summed E-state index contributed by atoms with van der Waals surface area (Å²) in [6.45, 7) is 8.87. The van der Waals surface area contributed by atoms with Crippen molar-refractivity contribution in [2.45, 2.75) is 52.4 Å². The van der Waals surface area contributed by atoms with Gasteiger partial charge in [0.1, 0.15) is 6.54 Å². The third kappa shape index (κ3) is 11.4. The van der Waals surface area contributed by atoms with E-state index in [4.69, 9.17) is 9.47 Å². The molecule has 0 aromatic carbocycles. The van der Waals surface area contributed by atoms with E-state index >= 15 is 0 Å². The standard InChI is InChI=1S/C20H40N4O3.HI/c1-5-26-14-9-13-21-19(22-16-18(25)24(3)4)23-17-20(10-7-8-11-20)12-15-27-6-2;/h5-17H2,1-4H3,(H2,21,22,23);1H. The molecule has 0 bridgehead atoms. The Morgan fingerprint density at radius 3 is 2.32 bits per heavy atom. The number of guanidine groups is 1. The third-order valence-corrected chi connectivity index (χ3v) is 5.11. The minimum absolute atomic E-state index is 0. The van der Waals surface area contributed by atoms with Crippen LogP contribution >= 0.6 is 24.0 Å². The zero-order valence-corrected chi connectivity index (χ0v) is 20.6. The topological polar surface area (TPSA) is 75.2 Å². The predicted molar refractivity (Wildman–Crippen MR) is 126 cm³/mol. The molecule has 7 nitrogen and oxygen atoms in total. The summed E-state index contributed by atoms with van der Waals surface area (Å²) < 4.78 is 11.0. The van der Waals surface area contributed by atoms with Gasteiger partial charge in [0, 0.05) is 53.6 Å². The Labute approximate surface area is 188 Å². The van der Waals surface area contributed by atoms with Crippen LogP contribution in [-0.4, -0.2) is 76.9 Å². The van der Waals surface area contributed by atoms with Gasteiger partial charge in [0.25, 0.3) is 0 Å². The predicted octanol–water partition coefficient (Wildman–Crippen LogP) is 2.64. The fourth-order valence-electron chi connectivity index (χ4n) is 3.33. The van der Waals surface area contributed by atoms with Gasteiger partial charge < -0.3 is 25.0 Å². The molecule has 0 aromatic rings. The molecule has 1 fully saturated rings. The summed E-state index contributed by atoms with van der Waals surface area (Å²) in [7, 11) is 3.50. The lowest BCUT2D eigenvalue weighted by molar-refractivity contribution is -0.127. The Morgan fingerprint density at radius 2 is 1.71 bits per heavy atom. The van der Waals surface area contributed by atoms with Gasteiger partial charge in [-0.3, -0.25) is 4.79 Å². The first-order valence-corrected chi connectivity index (χ1v) is 10.4. The zero-order chi connectivity index (χ0) is 20.0. The summed E-state index contributed by atoms with van der Waals surface area (Å²) in [6.07, 6.45) is 6.98. The number of amides is 1. The van der Waals surface area contributed by atoms with Crippen LogP contribution in [0.3, 0.4) is 0 Å². The number of carbonyl (C=O) groups excluding carboxylic acids is 1. The lowest BCUT2D eigenvalue weighted by atomic mass is 9.83. The van der Waals surface area contributed by atoms with Gasteiger partial charge in [0.2, 0.25) is 5.91 Å². The first kappa shape index (κ1) is 27.4. The van der Waals surface area contributed by atoms with E-state index in [1.807, 2.05) is 13.8 Å². The average molecular weight is 512 g/mol. The van der Waals surface area contributed by atoms with E-state index in [0.29, 0.717) is 5.96 Å². The molecule has 2 N–H and O–H groups in total. The quantitative estimate of drug-likeness (QED) is 0.172. The van der Waals surface area contributed by atoms with Gasteiger partial charge in [0.15, 0.2) is 5.96 Å². The molecular formula is C20H41IN4O3. The molecule has 0 unspecified atom stereocenters. The van der Waals surface area contributed by atoms with Crippen LogP contribution < -0.4 is 10.6 Å². The molecule has 8 heteroatoms. The fourth-order valence-corrected chi connectivity index (χ4v) is 3.33. The first-order chi connectivity index (χ1) is 13.0. The van der Waals surface area contributed by atoms with Crippen molar-refractivity contribution in [3.05, 3.63) is 0 Å². The number of aliphatic imine (C=N–C) groups is 1. The second kappa shape index (κ2) is 16.2. The largest absolute Gasteiger partial charge is 0.382 e. The summed E-state index contributed by atoms with van der Waals surface area (Å²) in [6, 6.07) is 0. The van der Waals surface area contributed by atoms with Crippen molar-refractivity contribution in [2.24, 2.45) is 10.4 Å². The van der Waals surface area contributed by atoms with Crippen molar-refractivity contribution >= 4 is 35.8 Å². The molecule has 1 aliphatic carbocycles. The lowest BCUT2D eigenvalue weighted by Crippen LogP contribution is -2.44. The summed E-state index contributed by atoms with van der Waals surface area (Å²) >= 11 is 0. The third-order valence-electron chi connectivity index (χ3n) is 5.11. The molecular weight excluding hydrogens is 471 g/mol. The van der Waals surface area contributed by atoms with Gasteiger partial charge >= 0.3 is 0 Å². The summed E-state index contributed by atoms with van der Waals surface area (Å²) in [4.78, 5) is 17.9. The molecule has 1 aliphatic rings. The molecule has 0 spiro atoms. The first-order valence-electron chi connectivity index (χ1n) is 10.4. The highest BCUT2D eigenvalue weighted by atomic mass is 127. The molecule has 1 amide bonds. The number of carbonyl (C=O) groups is 1. The minimum Gasteiger partial charge on any atom is -0.382 e. The Kier molecular flexibility index (Phi) is 15.9. The van der Waals surface area contributed by atoms with Gasteiger partial charge in [-0.25, -0.2) is 4.99 Å². The average Bonchev–Trinajstić information content (AvgIpc) is 3.12. The van der Waals surface area contributed by atoms with Gasteiger partial charge in [-0.2, -0.15) is 0 Å². The van der Waals surface area contributed by atoms with Crippen molar-refractivity contribution in [1.82, 2.24) is 15.5 Å². The maximum absolute atomic E-state index is 11.9. The second-order valence-electron chi connectivity index (χ2n) is 7.44.